The number of amides is 1. The van der Waals surface area contributed by atoms with Gasteiger partial charge >= 0.3 is 5.97 Å². The lowest BCUT2D eigenvalue weighted by Gasteiger charge is -2.12. The van der Waals surface area contributed by atoms with E-state index in [1.54, 1.807) is 30.3 Å². The van der Waals surface area contributed by atoms with E-state index in [0.29, 0.717) is 21.4 Å². The third kappa shape index (κ3) is 4.57. The first kappa shape index (κ1) is 18.7. The number of aliphatic imine (C=N–C) groups is 1. The predicted octanol–water partition coefficient (Wildman–Crippen LogP) is 3.74. The summed E-state index contributed by atoms with van der Waals surface area (Å²) >= 11 is 1.23. The minimum atomic E-state index is -1.06. The van der Waals surface area contributed by atoms with Crippen molar-refractivity contribution in [1.29, 1.82) is 0 Å². The molecular formula is C20H18N2O4S. The van der Waals surface area contributed by atoms with Gasteiger partial charge in [0.25, 0.3) is 5.91 Å². The largest absolute Gasteiger partial charge is 0.479 e. The van der Waals surface area contributed by atoms with Gasteiger partial charge in [0, 0.05) is 5.56 Å². The normalized spacial score (nSPS) is 17.8. The molecule has 1 saturated heterocycles. The Morgan fingerprint density at radius 2 is 1.93 bits per heavy atom. The van der Waals surface area contributed by atoms with E-state index in [1.165, 1.54) is 18.7 Å². The molecule has 0 aliphatic carbocycles. The fourth-order valence-corrected chi connectivity index (χ4v) is 3.19. The van der Waals surface area contributed by atoms with Gasteiger partial charge in [0.05, 0.1) is 10.6 Å². The van der Waals surface area contributed by atoms with E-state index in [4.69, 9.17) is 9.84 Å². The average molecular weight is 382 g/mol. The summed E-state index contributed by atoms with van der Waals surface area (Å²) in [6.45, 7) is 3.41. The molecule has 2 N–H and O–H groups in total. The molecule has 1 aliphatic heterocycles. The maximum Gasteiger partial charge on any atom is 0.344 e. The number of thioether (sulfide) groups is 1. The second-order valence-electron chi connectivity index (χ2n) is 5.90. The molecule has 0 spiro atoms. The quantitative estimate of drug-likeness (QED) is 0.769. The van der Waals surface area contributed by atoms with E-state index < -0.39 is 12.1 Å². The second kappa shape index (κ2) is 8.09. The molecule has 138 valence electrons. The van der Waals surface area contributed by atoms with Gasteiger partial charge in [-0.05, 0) is 49.4 Å². The topological polar surface area (TPSA) is 88.0 Å². The number of carboxylic acid groups (broad SMARTS) is 1. The number of benzene rings is 2. The molecule has 2 aromatic carbocycles. The van der Waals surface area contributed by atoms with E-state index in [1.807, 2.05) is 31.2 Å². The molecule has 0 bridgehead atoms. The Morgan fingerprint density at radius 1 is 1.22 bits per heavy atom. The molecule has 6 nitrogen and oxygen atoms in total. The second-order valence-corrected chi connectivity index (χ2v) is 6.94. The zero-order valence-corrected chi connectivity index (χ0v) is 15.6. The van der Waals surface area contributed by atoms with Crippen LogP contribution in [0.15, 0.2) is 58.4 Å². The fraction of sp³-hybridized carbons (Fsp3) is 0.150. The number of carbonyl (C=O) groups is 2. The van der Waals surface area contributed by atoms with Crippen molar-refractivity contribution in [2.45, 2.75) is 20.0 Å². The van der Waals surface area contributed by atoms with Gasteiger partial charge in [-0.2, -0.15) is 0 Å². The molecule has 2 aromatic rings. The van der Waals surface area contributed by atoms with Crippen LogP contribution in [0.25, 0.3) is 6.08 Å². The summed E-state index contributed by atoms with van der Waals surface area (Å²) in [6.07, 6.45) is 0.678. The maximum absolute atomic E-state index is 12.3. The summed E-state index contributed by atoms with van der Waals surface area (Å²) < 4.78 is 5.48. The van der Waals surface area contributed by atoms with Crippen molar-refractivity contribution in [3.05, 3.63) is 64.6 Å². The van der Waals surface area contributed by atoms with E-state index in [2.05, 4.69) is 10.3 Å². The molecule has 3 rings (SSSR count). The van der Waals surface area contributed by atoms with E-state index >= 15 is 0 Å². The first-order valence-electron chi connectivity index (χ1n) is 8.28. The van der Waals surface area contributed by atoms with Gasteiger partial charge in [-0.25, -0.2) is 9.79 Å². The number of aliphatic carboxylic acids is 1. The predicted molar refractivity (Wildman–Crippen MR) is 106 cm³/mol. The third-order valence-corrected chi connectivity index (χ3v) is 4.76. The number of hydrogen-bond acceptors (Lipinski definition) is 5. The van der Waals surface area contributed by atoms with Crippen LogP contribution in [0.2, 0.25) is 0 Å². The van der Waals surface area contributed by atoms with Crippen LogP contribution in [0.3, 0.4) is 0 Å². The molecule has 0 saturated carbocycles. The Balaban J connectivity index is 1.85. The number of carboxylic acids is 1. The van der Waals surface area contributed by atoms with E-state index in [9.17, 15) is 9.59 Å². The van der Waals surface area contributed by atoms with Crippen LogP contribution in [-0.4, -0.2) is 28.3 Å². The van der Waals surface area contributed by atoms with Crippen molar-refractivity contribution in [3.63, 3.8) is 0 Å². The van der Waals surface area contributed by atoms with Crippen molar-refractivity contribution >= 4 is 40.6 Å². The molecule has 1 heterocycles. The first-order chi connectivity index (χ1) is 12.9. The number of rotatable bonds is 5. The Morgan fingerprint density at radius 3 is 2.67 bits per heavy atom. The number of amidine groups is 1. The van der Waals surface area contributed by atoms with Crippen LogP contribution in [0.5, 0.6) is 5.75 Å². The molecule has 1 fully saturated rings. The van der Waals surface area contributed by atoms with Crippen molar-refractivity contribution in [3.8, 4) is 5.75 Å². The van der Waals surface area contributed by atoms with Crippen LogP contribution in [0.4, 0.5) is 5.69 Å². The molecule has 1 amide bonds. The maximum atomic E-state index is 12.3. The van der Waals surface area contributed by atoms with Gasteiger partial charge in [-0.1, -0.05) is 36.4 Å². The number of carbonyl (C=O) groups excluding carboxylic acids is 1. The zero-order chi connectivity index (χ0) is 19.4. The van der Waals surface area contributed by atoms with E-state index in [-0.39, 0.29) is 5.91 Å². The third-order valence-electron chi connectivity index (χ3n) is 3.85. The highest BCUT2D eigenvalue weighted by atomic mass is 32.2. The first-order valence-corrected chi connectivity index (χ1v) is 9.09. The Labute approximate surface area is 161 Å². The molecular weight excluding hydrogens is 364 g/mol. The fourth-order valence-electron chi connectivity index (χ4n) is 2.37. The summed E-state index contributed by atoms with van der Waals surface area (Å²) in [5.74, 6) is -0.913. The van der Waals surface area contributed by atoms with Crippen molar-refractivity contribution < 1.29 is 19.4 Å². The Hall–Kier alpha value is -3.06. The van der Waals surface area contributed by atoms with Crippen LogP contribution < -0.4 is 10.1 Å². The van der Waals surface area contributed by atoms with Crippen molar-refractivity contribution in [1.82, 2.24) is 5.32 Å². The summed E-state index contributed by atoms with van der Waals surface area (Å²) in [5, 5.41) is 12.3. The van der Waals surface area contributed by atoms with Crippen LogP contribution in [0.1, 0.15) is 18.1 Å². The lowest BCUT2D eigenvalue weighted by atomic mass is 10.2. The number of nitrogens with zero attached hydrogens (tertiary/aromatic N) is 1. The molecule has 7 heteroatoms. The molecule has 1 atom stereocenters. The average Bonchev–Trinajstić information content (AvgIpc) is 2.97. The van der Waals surface area contributed by atoms with Crippen molar-refractivity contribution in [2.24, 2.45) is 4.99 Å². The smallest absolute Gasteiger partial charge is 0.344 e. The highest BCUT2D eigenvalue weighted by Gasteiger charge is 2.24. The minimum Gasteiger partial charge on any atom is -0.479 e. The van der Waals surface area contributed by atoms with E-state index in [0.717, 1.165) is 11.3 Å². The highest BCUT2D eigenvalue weighted by molar-refractivity contribution is 8.18. The molecule has 1 aliphatic rings. The van der Waals surface area contributed by atoms with Gasteiger partial charge in [-0.15, -0.1) is 0 Å². The number of aryl methyl sites for hydroxylation is 1. The zero-order valence-electron chi connectivity index (χ0n) is 14.8. The molecule has 27 heavy (non-hydrogen) atoms. The Kier molecular flexibility index (Phi) is 5.61. The van der Waals surface area contributed by atoms with Gasteiger partial charge in [0.15, 0.2) is 11.3 Å². The highest BCUT2D eigenvalue weighted by Crippen LogP contribution is 2.31. The molecule has 0 radical (unpaired) electrons. The number of hydrogen-bond donors (Lipinski definition) is 2. The minimum absolute atomic E-state index is 0.256. The number of ether oxygens (including phenoxy) is 1. The molecule has 0 aromatic heterocycles. The van der Waals surface area contributed by atoms with Gasteiger partial charge in [0.2, 0.25) is 0 Å². The van der Waals surface area contributed by atoms with Crippen LogP contribution in [-0.2, 0) is 9.59 Å². The van der Waals surface area contributed by atoms with Gasteiger partial charge in [0.1, 0.15) is 5.75 Å². The number of para-hydroxylation sites is 2. The standard InChI is InChI=1S/C20H18N2O4S/c1-12-7-3-5-9-15(12)21-20-22-18(23)17(27-20)11-14-8-4-6-10-16(14)26-13(2)19(24)25/h3-11,13H,1-2H3,(H,24,25)(H,21,22,23)/b17-11+. The lowest BCUT2D eigenvalue weighted by molar-refractivity contribution is -0.144. The molecule has 1 unspecified atom stereocenters. The lowest BCUT2D eigenvalue weighted by Crippen LogP contribution is -2.23. The summed E-state index contributed by atoms with van der Waals surface area (Å²) in [4.78, 5) is 28.3. The Bertz CT molecular complexity index is 953. The summed E-state index contributed by atoms with van der Waals surface area (Å²) in [5.41, 5.74) is 2.43. The van der Waals surface area contributed by atoms with Crippen LogP contribution in [0, 0.1) is 6.92 Å². The van der Waals surface area contributed by atoms with Gasteiger partial charge < -0.3 is 15.2 Å². The number of nitrogens with one attached hydrogen (secondary N) is 1. The SMILES string of the molecule is Cc1ccccc1N=C1NC(=O)/C(=C\c2ccccc2OC(C)C(=O)O)S1. The summed E-state index contributed by atoms with van der Waals surface area (Å²) in [6, 6.07) is 14.6. The van der Waals surface area contributed by atoms with Gasteiger partial charge in [-0.3, -0.25) is 4.79 Å². The summed E-state index contributed by atoms with van der Waals surface area (Å²) in [7, 11) is 0. The van der Waals surface area contributed by atoms with Crippen molar-refractivity contribution in [2.75, 3.05) is 0 Å². The monoisotopic (exact) mass is 382 g/mol. The van der Waals surface area contributed by atoms with Crippen LogP contribution >= 0.6 is 11.8 Å².